The lowest BCUT2D eigenvalue weighted by Crippen LogP contribution is -2.11. The third-order valence-corrected chi connectivity index (χ3v) is 4.52. The first-order chi connectivity index (χ1) is 10.4. The zero-order valence-electron chi connectivity index (χ0n) is 11.2. The van der Waals surface area contributed by atoms with E-state index in [1.54, 1.807) is 12.1 Å². The molecule has 0 unspecified atom stereocenters. The average Bonchev–Trinajstić information content (AvgIpc) is 2.47. The van der Waals surface area contributed by atoms with Crippen molar-refractivity contribution >= 4 is 23.4 Å². The van der Waals surface area contributed by atoms with Crippen molar-refractivity contribution in [1.29, 1.82) is 0 Å². The summed E-state index contributed by atoms with van der Waals surface area (Å²) in [7, 11) is 0. The Bertz CT molecular complexity index is 680. The SMILES string of the molecule is NCc1c(Cl)ccc(C(F)(F)F)c1Sc1ncccc1CO. The molecular weight excluding hydrogens is 337 g/mol. The number of rotatable bonds is 4. The van der Waals surface area contributed by atoms with Crippen molar-refractivity contribution in [2.45, 2.75) is 29.2 Å². The number of halogens is 4. The van der Waals surface area contributed by atoms with Crippen molar-refractivity contribution in [3.8, 4) is 0 Å². The molecule has 3 N–H and O–H groups in total. The van der Waals surface area contributed by atoms with E-state index in [2.05, 4.69) is 4.98 Å². The molecule has 0 atom stereocenters. The van der Waals surface area contributed by atoms with Gasteiger partial charge in [0.2, 0.25) is 0 Å². The third kappa shape index (κ3) is 3.55. The Kier molecular flexibility index (Phi) is 5.33. The Balaban J connectivity index is 2.60. The van der Waals surface area contributed by atoms with Gasteiger partial charge in [-0.15, -0.1) is 0 Å². The van der Waals surface area contributed by atoms with Crippen molar-refractivity contribution in [2.75, 3.05) is 0 Å². The highest BCUT2D eigenvalue weighted by molar-refractivity contribution is 7.99. The van der Waals surface area contributed by atoms with Crippen molar-refractivity contribution in [3.05, 3.63) is 52.2 Å². The monoisotopic (exact) mass is 348 g/mol. The second-order valence-electron chi connectivity index (χ2n) is 4.33. The minimum atomic E-state index is -4.54. The molecule has 3 nitrogen and oxygen atoms in total. The molecule has 118 valence electrons. The Hall–Kier alpha value is -1.28. The number of aromatic nitrogens is 1. The first-order valence-corrected chi connectivity index (χ1v) is 7.39. The standard InChI is InChI=1S/C14H12ClF3N2OS/c15-11-4-3-10(14(16,17)18)12(9(11)6-19)22-13-8(7-21)2-1-5-20-13/h1-5,21H,6-7,19H2. The molecule has 2 rings (SSSR count). The fourth-order valence-corrected chi connectivity index (χ4v) is 3.34. The van der Waals surface area contributed by atoms with E-state index in [4.69, 9.17) is 17.3 Å². The van der Waals surface area contributed by atoms with Gasteiger partial charge in [-0.3, -0.25) is 0 Å². The number of aliphatic hydroxyl groups excluding tert-OH is 1. The van der Waals surface area contributed by atoms with Crippen LogP contribution in [0.1, 0.15) is 16.7 Å². The maximum Gasteiger partial charge on any atom is 0.417 e. The summed E-state index contributed by atoms with van der Waals surface area (Å²) >= 11 is 6.76. The Morgan fingerprint density at radius 3 is 2.59 bits per heavy atom. The quantitative estimate of drug-likeness (QED) is 0.881. The van der Waals surface area contributed by atoms with Crippen LogP contribution in [0.2, 0.25) is 5.02 Å². The van der Waals surface area contributed by atoms with Gasteiger partial charge in [0, 0.05) is 28.2 Å². The van der Waals surface area contributed by atoms with Gasteiger partial charge in [-0.2, -0.15) is 13.2 Å². The zero-order chi connectivity index (χ0) is 16.3. The highest BCUT2D eigenvalue weighted by Gasteiger charge is 2.35. The van der Waals surface area contributed by atoms with Crippen LogP contribution in [0.3, 0.4) is 0 Å². The van der Waals surface area contributed by atoms with E-state index in [0.29, 0.717) is 5.56 Å². The predicted octanol–water partition coefficient (Wildman–Crippen LogP) is 3.86. The lowest BCUT2D eigenvalue weighted by molar-refractivity contribution is -0.139. The van der Waals surface area contributed by atoms with Crippen molar-refractivity contribution < 1.29 is 18.3 Å². The number of aliphatic hydroxyl groups is 1. The molecule has 0 aliphatic heterocycles. The van der Waals surface area contributed by atoms with Gasteiger partial charge in [-0.25, -0.2) is 4.98 Å². The number of benzene rings is 1. The van der Waals surface area contributed by atoms with Gasteiger partial charge < -0.3 is 10.8 Å². The lowest BCUT2D eigenvalue weighted by atomic mass is 10.1. The summed E-state index contributed by atoms with van der Waals surface area (Å²) in [6, 6.07) is 5.30. The first-order valence-electron chi connectivity index (χ1n) is 6.19. The summed E-state index contributed by atoms with van der Waals surface area (Å²) in [5, 5.41) is 9.73. The van der Waals surface area contributed by atoms with Gasteiger partial charge >= 0.3 is 6.18 Å². The molecule has 8 heteroatoms. The molecule has 0 spiro atoms. The van der Waals surface area contributed by atoms with Gasteiger partial charge in [0.05, 0.1) is 12.2 Å². The van der Waals surface area contributed by atoms with Crippen LogP contribution in [0.5, 0.6) is 0 Å². The largest absolute Gasteiger partial charge is 0.417 e. The molecule has 1 heterocycles. The molecule has 0 saturated heterocycles. The molecule has 0 amide bonds. The maximum atomic E-state index is 13.2. The van der Waals surface area contributed by atoms with Crippen LogP contribution < -0.4 is 5.73 Å². The van der Waals surface area contributed by atoms with Gasteiger partial charge in [-0.1, -0.05) is 29.4 Å². The summed E-state index contributed by atoms with van der Waals surface area (Å²) in [6.07, 6.45) is -3.09. The van der Waals surface area contributed by atoms with Crippen LogP contribution in [-0.4, -0.2) is 10.1 Å². The second kappa shape index (κ2) is 6.87. The van der Waals surface area contributed by atoms with E-state index in [0.717, 1.165) is 17.8 Å². The number of hydrogen-bond acceptors (Lipinski definition) is 4. The van der Waals surface area contributed by atoms with Crippen LogP contribution in [0.25, 0.3) is 0 Å². The predicted molar refractivity (Wildman–Crippen MR) is 78.6 cm³/mol. The van der Waals surface area contributed by atoms with Crippen LogP contribution >= 0.6 is 23.4 Å². The minimum Gasteiger partial charge on any atom is -0.392 e. The molecule has 1 aromatic heterocycles. The molecule has 0 fully saturated rings. The lowest BCUT2D eigenvalue weighted by Gasteiger charge is -2.17. The average molecular weight is 349 g/mol. The van der Waals surface area contributed by atoms with Gasteiger partial charge in [0.1, 0.15) is 5.03 Å². The Morgan fingerprint density at radius 2 is 2.00 bits per heavy atom. The summed E-state index contributed by atoms with van der Waals surface area (Å²) < 4.78 is 39.6. The minimum absolute atomic E-state index is 0.0871. The summed E-state index contributed by atoms with van der Waals surface area (Å²) in [4.78, 5) is 3.94. The molecule has 0 radical (unpaired) electrons. The van der Waals surface area contributed by atoms with E-state index < -0.39 is 11.7 Å². The third-order valence-electron chi connectivity index (χ3n) is 2.93. The number of nitrogens with two attached hydrogens (primary N) is 1. The fourth-order valence-electron chi connectivity index (χ4n) is 1.87. The van der Waals surface area contributed by atoms with E-state index in [-0.39, 0.29) is 33.7 Å². The molecule has 0 aliphatic rings. The van der Waals surface area contributed by atoms with Crippen molar-refractivity contribution in [3.63, 3.8) is 0 Å². The first kappa shape index (κ1) is 17.1. The zero-order valence-corrected chi connectivity index (χ0v) is 12.8. The fraction of sp³-hybridized carbons (Fsp3) is 0.214. The smallest absolute Gasteiger partial charge is 0.392 e. The van der Waals surface area contributed by atoms with E-state index in [9.17, 15) is 18.3 Å². The number of pyridine rings is 1. The molecule has 0 bridgehead atoms. The highest BCUT2D eigenvalue weighted by Crippen LogP contribution is 2.43. The van der Waals surface area contributed by atoms with E-state index in [1.165, 1.54) is 12.3 Å². The van der Waals surface area contributed by atoms with E-state index in [1.807, 2.05) is 0 Å². The normalized spacial score (nSPS) is 11.7. The highest BCUT2D eigenvalue weighted by atomic mass is 35.5. The van der Waals surface area contributed by atoms with Crippen molar-refractivity contribution in [2.24, 2.45) is 5.73 Å². The topological polar surface area (TPSA) is 59.1 Å². The van der Waals surface area contributed by atoms with Crippen LogP contribution in [0.15, 0.2) is 40.4 Å². The second-order valence-corrected chi connectivity index (χ2v) is 5.74. The molecule has 0 aliphatic carbocycles. The molecular formula is C14H12ClF3N2OS. The Labute approximate surface area is 134 Å². The van der Waals surface area contributed by atoms with Crippen LogP contribution in [0.4, 0.5) is 13.2 Å². The van der Waals surface area contributed by atoms with Gasteiger partial charge in [-0.05, 0) is 23.8 Å². The number of hydrogen-bond donors (Lipinski definition) is 2. The Morgan fingerprint density at radius 1 is 1.27 bits per heavy atom. The van der Waals surface area contributed by atoms with Crippen LogP contribution in [0, 0.1) is 0 Å². The molecule has 22 heavy (non-hydrogen) atoms. The summed E-state index contributed by atoms with van der Waals surface area (Å²) in [5.41, 5.74) is 5.37. The molecule has 0 saturated carbocycles. The maximum absolute atomic E-state index is 13.2. The van der Waals surface area contributed by atoms with Gasteiger partial charge in [0.15, 0.2) is 0 Å². The van der Waals surface area contributed by atoms with Gasteiger partial charge in [0.25, 0.3) is 0 Å². The van der Waals surface area contributed by atoms with Crippen molar-refractivity contribution in [1.82, 2.24) is 4.98 Å². The summed E-state index contributed by atoms with van der Waals surface area (Å²) in [5.74, 6) is 0. The van der Waals surface area contributed by atoms with Crippen LogP contribution in [-0.2, 0) is 19.3 Å². The number of nitrogens with zero attached hydrogens (tertiary/aromatic N) is 1. The number of alkyl halides is 3. The molecule has 1 aromatic carbocycles. The summed E-state index contributed by atoms with van der Waals surface area (Å²) in [6.45, 7) is -0.456. The molecule has 2 aromatic rings. The van der Waals surface area contributed by atoms with E-state index >= 15 is 0 Å².